The van der Waals surface area contributed by atoms with Gasteiger partial charge in [-0.3, -0.25) is 14.9 Å². The van der Waals surface area contributed by atoms with Gasteiger partial charge >= 0.3 is 0 Å². The normalized spacial score (nSPS) is 12.6. The Labute approximate surface area is 209 Å². The molecule has 36 heavy (non-hydrogen) atoms. The van der Waals surface area contributed by atoms with Gasteiger partial charge in [0.2, 0.25) is 0 Å². The third-order valence-corrected chi connectivity index (χ3v) is 6.34. The summed E-state index contributed by atoms with van der Waals surface area (Å²) in [6, 6.07) is 38.8. The molecule has 0 spiro atoms. The second-order valence-corrected chi connectivity index (χ2v) is 8.65. The molecule has 0 amide bonds. The maximum absolute atomic E-state index is 14.0. The first kappa shape index (κ1) is 23.0. The van der Waals surface area contributed by atoms with Crippen molar-refractivity contribution in [1.29, 1.82) is 0 Å². The number of Topliss-reactive ketones (excluding diaryl/α,β-unsaturated/α-hetero) is 1. The van der Waals surface area contributed by atoms with Gasteiger partial charge in [-0.25, -0.2) is 0 Å². The van der Waals surface area contributed by atoms with Gasteiger partial charge in [-0.2, -0.15) is 0 Å². The molecule has 2 atom stereocenters. The van der Waals surface area contributed by atoms with E-state index in [2.05, 4.69) is 5.32 Å². The monoisotopic (exact) mass is 472 g/mol. The molecule has 0 saturated heterocycles. The van der Waals surface area contributed by atoms with E-state index in [1.807, 2.05) is 97.1 Å². The molecule has 2 unspecified atom stereocenters. The predicted molar refractivity (Wildman–Crippen MR) is 143 cm³/mol. The summed E-state index contributed by atoms with van der Waals surface area (Å²) in [5, 5.41) is 17.3. The van der Waals surface area contributed by atoms with Crippen molar-refractivity contribution in [3.63, 3.8) is 0 Å². The van der Waals surface area contributed by atoms with Gasteiger partial charge < -0.3 is 5.32 Å². The number of benzene rings is 5. The fourth-order valence-corrected chi connectivity index (χ4v) is 4.59. The number of rotatable bonds is 8. The molecule has 0 aromatic heterocycles. The molecule has 0 heterocycles. The summed E-state index contributed by atoms with van der Waals surface area (Å²) in [5.74, 6) is -0.686. The van der Waals surface area contributed by atoms with Crippen LogP contribution in [0.5, 0.6) is 0 Å². The van der Waals surface area contributed by atoms with E-state index in [1.54, 1.807) is 24.3 Å². The highest BCUT2D eigenvalue weighted by atomic mass is 16.6. The van der Waals surface area contributed by atoms with Crippen LogP contribution in [0, 0.1) is 10.1 Å². The van der Waals surface area contributed by atoms with Crippen LogP contribution in [0.3, 0.4) is 0 Å². The van der Waals surface area contributed by atoms with Gasteiger partial charge in [-0.15, -0.1) is 0 Å². The van der Waals surface area contributed by atoms with E-state index in [0.717, 1.165) is 22.0 Å². The summed E-state index contributed by atoms with van der Waals surface area (Å²) in [6.45, 7) is 0. The smallest absolute Gasteiger partial charge is 0.269 e. The largest absolute Gasteiger partial charge is 0.377 e. The van der Waals surface area contributed by atoms with Crippen LogP contribution >= 0.6 is 0 Å². The molecule has 5 rings (SSSR count). The standard InChI is InChI=1S/C31H24N2O3/c34-31(24-13-5-2-6-14-24)29(23-11-3-1-4-12-23)30(26-16-9-17-28(21-26)33(35)36)32-27-19-18-22-10-7-8-15-25(22)20-27/h1-21,29-30,32H. The van der Waals surface area contributed by atoms with Gasteiger partial charge in [0.05, 0.1) is 16.9 Å². The van der Waals surface area contributed by atoms with Crippen LogP contribution in [-0.2, 0) is 0 Å². The number of anilines is 1. The van der Waals surface area contributed by atoms with E-state index in [-0.39, 0.29) is 11.5 Å². The fourth-order valence-electron chi connectivity index (χ4n) is 4.59. The lowest BCUT2D eigenvalue weighted by Crippen LogP contribution is -2.26. The minimum atomic E-state index is -0.623. The van der Waals surface area contributed by atoms with Crippen molar-refractivity contribution in [3.05, 3.63) is 154 Å². The molecule has 5 nitrogen and oxygen atoms in total. The van der Waals surface area contributed by atoms with E-state index in [9.17, 15) is 14.9 Å². The minimum Gasteiger partial charge on any atom is -0.377 e. The average molecular weight is 473 g/mol. The molecule has 5 aromatic rings. The fraction of sp³-hybridized carbons (Fsp3) is 0.0645. The van der Waals surface area contributed by atoms with E-state index in [1.165, 1.54) is 6.07 Å². The van der Waals surface area contributed by atoms with E-state index < -0.39 is 16.9 Å². The Kier molecular flexibility index (Phi) is 6.54. The van der Waals surface area contributed by atoms with Crippen LogP contribution in [-0.4, -0.2) is 10.7 Å². The summed E-state index contributed by atoms with van der Waals surface area (Å²) in [4.78, 5) is 25.2. The Morgan fingerprint density at radius 3 is 2.03 bits per heavy atom. The van der Waals surface area contributed by atoms with Gasteiger partial charge in [0.1, 0.15) is 0 Å². The highest BCUT2D eigenvalue weighted by molar-refractivity contribution is 6.02. The molecule has 0 saturated carbocycles. The number of nitro benzene ring substituents is 1. The Bertz CT molecular complexity index is 1520. The lowest BCUT2D eigenvalue weighted by atomic mass is 9.81. The quantitative estimate of drug-likeness (QED) is 0.144. The number of hydrogen-bond donors (Lipinski definition) is 1. The third-order valence-electron chi connectivity index (χ3n) is 6.34. The number of nitrogens with zero attached hydrogens (tertiary/aromatic N) is 1. The Hall–Kier alpha value is -4.77. The number of non-ortho nitro benzene ring substituents is 1. The molecule has 176 valence electrons. The van der Waals surface area contributed by atoms with Crippen LogP contribution in [0.1, 0.15) is 33.4 Å². The number of carbonyl (C=O) groups excluding carboxylic acids is 1. The summed E-state index contributed by atoms with van der Waals surface area (Å²) in [7, 11) is 0. The Morgan fingerprint density at radius 1 is 0.667 bits per heavy atom. The first-order chi connectivity index (χ1) is 17.6. The molecule has 5 heteroatoms. The van der Waals surface area contributed by atoms with Crippen molar-refractivity contribution in [2.45, 2.75) is 12.0 Å². The van der Waals surface area contributed by atoms with Crippen LogP contribution in [0.2, 0.25) is 0 Å². The van der Waals surface area contributed by atoms with Crippen molar-refractivity contribution >= 4 is 27.9 Å². The maximum Gasteiger partial charge on any atom is 0.269 e. The maximum atomic E-state index is 14.0. The zero-order valence-electron chi connectivity index (χ0n) is 19.5. The number of carbonyl (C=O) groups is 1. The van der Waals surface area contributed by atoms with Crippen LogP contribution in [0.25, 0.3) is 10.8 Å². The van der Waals surface area contributed by atoms with Crippen LogP contribution < -0.4 is 5.32 Å². The first-order valence-corrected chi connectivity index (χ1v) is 11.7. The molecule has 1 N–H and O–H groups in total. The van der Waals surface area contributed by atoms with E-state index in [4.69, 9.17) is 0 Å². The number of fused-ring (bicyclic) bond motifs is 1. The number of nitro groups is 1. The lowest BCUT2D eigenvalue weighted by Gasteiger charge is -2.29. The number of nitrogens with one attached hydrogen (secondary N) is 1. The summed E-state index contributed by atoms with van der Waals surface area (Å²) < 4.78 is 0. The van der Waals surface area contributed by atoms with Gasteiger partial charge in [0, 0.05) is 23.4 Å². The second kappa shape index (κ2) is 10.2. The Morgan fingerprint density at radius 2 is 1.31 bits per heavy atom. The molecule has 0 bridgehead atoms. The number of ketones is 1. The average Bonchev–Trinajstić information content (AvgIpc) is 2.93. The van der Waals surface area contributed by atoms with Crippen molar-refractivity contribution < 1.29 is 9.72 Å². The highest BCUT2D eigenvalue weighted by Crippen LogP contribution is 2.38. The number of hydrogen-bond acceptors (Lipinski definition) is 4. The minimum absolute atomic E-state index is 0.0169. The zero-order valence-corrected chi connectivity index (χ0v) is 19.5. The van der Waals surface area contributed by atoms with E-state index in [0.29, 0.717) is 11.1 Å². The predicted octanol–water partition coefficient (Wildman–Crippen LogP) is 7.57. The van der Waals surface area contributed by atoms with Crippen molar-refractivity contribution in [2.24, 2.45) is 0 Å². The summed E-state index contributed by atoms with van der Waals surface area (Å²) >= 11 is 0. The third kappa shape index (κ3) is 4.86. The highest BCUT2D eigenvalue weighted by Gasteiger charge is 2.32. The van der Waals surface area contributed by atoms with E-state index >= 15 is 0 Å². The first-order valence-electron chi connectivity index (χ1n) is 11.7. The second-order valence-electron chi connectivity index (χ2n) is 8.65. The van der Waals surface area contributed by atoms with Crippen molar-refractivity contribution in [1.82, 2.24) is 0 Å². The Balaban J connectivity index is 1.66. The van der Waals surface area contributed by atoms with Gasteiger partial charge in [0.15, 0.2) is 5.78 Å². The van der Waals surface area contributed by atoms with Gasteiger partial charge in [0.25, 0.3) is 5.69 Å². The van der Waals surface area contributed by atoms with Crippen molar-refractivity contribution in [3.8, 4) is 0 Å². The summed E-state index contributed by atoms with van der Waals surface area (Å²) in [6.07, 6.45) is 0. The molecule has 0 aliphatic carbocycles. The molecule has 0 aliphatic rings. The molecule has 0 fully saturated rings. The van der Waals surface area contributed by atoms with Crippen molar-refractivity contribution in [2.75, 3.05) is 5.32 Å². The van der Waals surface area contributed by atoms with Gasteiger partial charge in [-0.1, -0.05) is 103 Å². The van der Waals surface area contributed by atoms with Crippen LogP contribution in [0.4, 0.5) is 11.4 Å². The molecule has 5 aromatic carbocycles. The molecular weight excluding hydrogens is 448 g/mol. The molecule has 0 aliphatic heterocycles. The topological polar surface area (TPSA) is 72.2 Å². The SMILES string of the molecule is O=C(c1ccccc1)C(c1ccccc1)C(Nc1ccc2ccccc2c1)c1cccc([N+](=O)[O-])c1. The summed E-state index contributed by atoms with van der Waals surface area (Å²) in [5.41, 5.74) is 2.89. The zero-order chi connectivity index (χ0) is 24.9. The molecular formula is C31H24N2O3. The lowest BCUT2D eigenvalue weighted by molar-refractivity contribution is -0.384. The molecule has 0 radical (unpaired) electrons. The van der Waals surface area contributed by atoms with Gasteiger partial charge in [-0.05, 0) is 34.0 Å². The van der Waals surface area contributed by atoms with Crippen LogP contribution in [0.15, 0.2) is 127 Å².